The molecule has 0 aliphatic heterocycles. The summed E-state index contributed by atoms with van der Waals surface area (Å²) in [7, 11) is 0. The molecule has 0 amide bonds. The van der Waals surface area contributed by atoms with Crippen LogP contribution >= 0.6 is 0 Å². The fourth-order valence-electron chi connectivity index (χ4n) is 8.32. The summed E-state index contributed by atoms with van der Waals surface area (Å²) in [6.07, 6.45) is 2.20. The van der Waals surface area contributed by atoms with E-state index in [2.05, 4.69) is 0 Å². The third kappa shape index (κ3) is 3.91. The quantitative estimate of drug-likeness (QED) is 0.327. The van der Waals surface area contributed by atoms with Crippen LogP contribution in [0.5, 0.6) is 0 Å². The summed E-state index contributed by atoms with van der Waals surface area (Å²) in [6.45, 7) is 7.20. The highest BCUT2D eigenvalue weighted by atomic mass is 16.4. The summed E-state index contributed by atoms with van der Waals surface area (Å²) < 4.78 is 0. The Balaban J connectivity index is 1.59. The molecule has 198 valence electrons. The maximum atomic E-state index is 13.2. The maximum Gasteiger partial charge on any atom is 0.335 e. The largest absolute Gasteiger partial charge is 0.479 e. The number of aliphatic hydroxyl groups excluding tert-OH is 3. The second-order valence-corrected chi connectivity index (χ2v) is 12.7. The molecule has 0 spiro atoms. The van der Waals surface area contributed by atoms with Crippen LogP contribution in [0.2, 0.25) is 0 Å². The molecule has 0 radical (unpaired) electrons. The van der Waals surface area contributed by atoms with Crippen molar-refractivity contribution >= 4 is 11.8 Å². The third-order valence-corrected chi connectivity index (χ3v) is 10.8. The summed E-state index contributed by atoms with van der Waals surface area (Å²) in [4.78, 5) is 24.5. The monoisotopic (exact) mass is 494 g/mol. The molecular weight excluding hydrogens is 452 g/mol. The average molecular weight is 495 g/mol. The lowest BCUT2D eigenvalue weighted by Crippen LogP contribution is -2.61. The van der Waals surface area contributed by atoms with Gasteiger partial charge in [0.1, 0.15) is 0 Å². The molecule has 0 saturated heterocycles. The van der Waals surface area contributed by atoms with E-state index in [4.69, 9.17) is 0 Å². The van der Waals surface area contributed by atoms with Crippen LogP contribution in [0, 0.1) is 34.5 Å². The molecule has 0 aromatic heterocycles. The van der Waals surface area contributed by atoms with Crippen LogP contribution in [0.4, 0.5) is 0 Å². The minimum Gasteiger partial charge on any atom is -0.479 e. The molecule has 11 atom stereocenters. The first-order chi connectivity index (χ1) is 16.1. The standard InChI is InChI=1S/C27H42O8/c1-14(19(28)7-9-26(4,34)23(32)33)15-6-10-27(35)17-11-20(29)18-12-21(30)22(31)13-24(18,2)16(17)5-8-25(15,27)3/h11,14-16,18-19,21-22,28,30-31,34-35H,5-10,12-13H2,1-4H3,(H,32,33)/t14?,15-,16?,18+,19-,21-,22+,24-,25-,26?,27-/m1/s1. The lowest BCUT2D eigenvalue weighted by molar-refractivity contribution is -0.159. The Kier molecular flexibility index (Phi) is 6.59. The number of fused-ring (bicyclic) bond motifs is 5. The van der Waals surface area contributed by atoms with Crippen LogP contribution in [-0.2, 0) is 9.59 Å². The lowest BCUT2D eigenvalue weighted by atomic mass is 9.46. The number of carboxylic acids is 1. The molecule has 0 aromatic rings. The van der Waals surface area contributed by atoms with Gasteiger partial charge in [0.15, 0.2) is 11.4 Å². The molecule has 6 N–H and O–H groups in total. The summed E-state index contributed by atoms with van der Waals surface area (Å²) in [6, 6.07) is 0. The Labute approximate surface area is 207 Å². The zero-order valence-corrected chi connectivity index (χ0v) is 21.3. The minimum atomic E-state index is -1.91. The lowest BCUT2D eigenvalue weighted by Gasteiger charge is -2.60. The summed E-state index contributed by atoms with van der Waals surface area (Å²) in [5.41, 5.74) is -3.46. The SMILES string of the molecule is CC([C@H](O)CCC(C)(O)C(=O)O)[C@H]1CC[C@@]2(O)C3=CC(=O)[C@@H]4C[C@@H](O)[C@@H](O)C[C@]4(C)C3CC[C@]12C. The number of allylic oxidation sites excluding steroid dienone is 1. The zero-order valence-electron chi connectivity index (χ0n) is 21.3. The fraction of sp³-hybridized carbons (Fsp3) is 0.852. The van der Waals surface area contributed by atoms with Gasteiger partial charge in [0, 0.05) is 11.3 Å². The van der Waals surface area contributed by atoms with Crippen molar-refractivity contribution in [1.29, 1.82) is 0 Å². The number of carbonyl (C=O) groups excluding carboxylic acids is 1. The van der Waals surface area contributed by atoms with Gasteiger partial charge in [0.05, 0.1) is 23.9 Å². The van der Waals surface area contributed by atoms with Gasteiger partial charge in [-0.1, -0.05) is 20.8 Å². The number of carboxylic acid groups (broad SMARTS) is 1. The molecular formula is C27H42O8. The van der Waals surface area contributed by atoms with E-state index in [9.17, 15) is 40.2 Å². The van der Waals surface area contributed by atoms with Crippen molar-refractivity contribution in [3.05, 3.63) is 11.6 Å². The zero-order chi connectivity index (χ0) is 26.1. The highest BCUT2D eigenvalue weighted by molar-refractivity contribution is 5.95. The van der Waals surface area contributed by atoms with Crippen LogP contribution < -0.4 is 0 Å². The van der Waals surface area contributed by atoms with E-state index in [1.54, 1.807) is 6.08 Å². The van der Waals surface area contributed by atoms with E-state index < -0.39 is 46.3 Å². The van der Waals surface area contributed by atoms with E-state index in [-0.39, 0.29) is 48.7 Å². The third-order valence-electron chi connectivity index (χ3n) is 10.8. The van der Waals surface area contributed by atoms with Gasteiger partial charge in [0.25, 0.3) is 0 Å². The van der Waals surface area contributed by atoms with Gasteiger partial charge in [-0.2, -0.15) is 0 Å². The predicted molar refractivity (Wildman–Crippen MR) is 127 cm³/mol. The van der Waals surface area contributed by atoms with Gasteiger partial charge < -0.3 is 30.6 Å². The van der Waals surface area contributed by atoms with Crippen LogP contribution in [0.1, 0.15) is 79.1 Å². The van der Waals surface area contributed by atoms with Gasteiger partial charge in [0.2, 0.25) is 0 Å². The molecule has 0 aromatic carbocycles. The maximum absolute atomic E-state index is 13.2. The number of aliphatic hydroxyl groups is 5. The molecule has 3 unspecified atom stereocenters. The van der Waals surface area contributed by atoms with E-state index in [0.717, 1.165) is 12.0 Å². The number of ketones is 1. The summed E-state index contributed by atoms with van der Waals surface area (Å²) >= 11 is 0. The molecule has 35 heavy (non-hydrogen) atoms. The van der Waals surface area contributed by atoms with Crippen LogP contribution in [-0.4, -0.2) is 71.9 Å². The first kappa shape index (κ1) is 26.7. The van der Waals surface area contributed by atoms with Crippen molar-refractivity contribution in [2.45, 2.75) is 109 Å². The summed E-state index contributed by atoms with van der Waals surface area (Å²) in [5.74, 6) is -2.12. The second kappa shape index (κ2) is 8.62. The number of carbonyl (C=O) groups is 2. The number of hydrogen-bond acceptors (Lipinski definition) is 7. The highest BCUT2D eigenvalue weighted by Crippen LogP contribution is 2.68. The van der Waals surface area contributed by atoms with Crippen molar-refractivity contribution in [2.75, 3.05) is 0 Å². The van der Waals surface area contributed by atoms with Gasteiger partial charge in [-0.25, -0.2) is 4.79 Å². The van der Waals surface area contributed by atoms with Crippen molar-refractivity contribution in [3.63, 3.8) is 0 Å². The Morgan fingerprint density at radius 1 is 1.17 bits per heavy atom. The normalized spacial score (nSPS) is 46.5. The smallest absolute Gasteiger partial charge is 0.335 e. The first-order valence-corrected chi connectivity index (χ1v) is 13.1. The van der Waals surface area contributed by atoms with Crippen molar-refractivity contribution in [3.8, 4) is 0 Å². The second-order valence-electron chi connectivity index (χ2n) is 12.7. The average Bonchev–Trinajstić information content (AvgIpc) is 3.05. The first-order valence-electron chi connectivity index (χ1n) is 13.1. The molecule has 4 rings (SSSR count). The molecule has 4 aliphatic rings. The number of hydrogen-bond donors (Lipinski definition) is 6. The van der Waals surface area contributed by atoms with Crippen LogP contribution in [0.25, 0.3) is 0 Å². The fourth-order valence-corrected chi connectivity index (χ4v) is 8.32. The molecule has 4 aliphatic carbocycles. The molecule has 8 nitrogen and oxygen atoms in total. The Morgan fingerprint density at radius 2 is 1.83 bits per heavy atom. The van der Waals surface area contributed by atoms with Gasteiger partial charge >= 0.3 is 5.97 Å². The van der Waals surface area contributed by atoms with E-state index >= 15 is 0 Å². The molecule has 3 saturated carbocycles. The highest BCUT2D eigenvalue weighted by Gasteiger charge is 2.67. The predicted octanol–water partition coefficient (Wildman–Crippen LogP) is 1.80. The number of rotatable bonds is 6. The Bertz CT molecular complexity index is 913. The molecule has 0 heterocycles. The van der Waals surface area contributed by atoms with Crippen LogP contribution in [0.15, 0.2) is 11.6 Å². The molecule has 0 bridgehead atoms. The molecule has 8 heteroatoms. The van der Waals surface area contributed by atoms with E-state index in [1.807, 2.05) is 20.8 Å². The van der Waals surface area contributed by atoms with Gasteiger partial charge in [-0.05, 0) is 93.1 Å². The minimum absolute atomic E-state index is 0.0430. The van der Waals surface area contributed by atoms with Crippen molar-refractivity contribution in [2.24, 2.45) is 34.5 Å². The topological polar surface area (TPSA) is 156 Å². The van der Waals surface area contributed by atoms with Crippen molar-refractivity contribution < 1.29 is 40.2 Å². The number of aliphatic carboxylic acids is 1. The van der Waals surface area contributed by atoms with E-state index in [0.29, 0.717) is 25.7 Å². The van der Waals surface area contributed by atoms with Gasteiger partial charge in [-0.3, -0.25) is 4.79 Å². The van der Waals surface area contributed by atoms with E-state index in [1.165, 1.54) is 6.92 Å². The molecule has 3 fully saturated rings. The Morgan fingerprint density at radius 3 is 2.46 bits per heavy atom. The van der Waals surface area contributed by atoms with Crippen molar-refractivity contribution in [1.82, 2.24) is 0 Å². The summed E-state index contributed by atoms with van der Waals surface area (Å²) in [5, 5.41) is 63.0. The van der Waals surface area contributed by atoms with Gasteiger partial charge in [-0.15, -0.1) is 0 Å². The Hall–Kier alpha value is -1.32. The van der Waals surface area contributed by atoms with Crippen LogP contribution in [0.3, 0.4) is 0 Å².